The Hall–Kier alpha value is -7.42. The van der Waals surface area contributed by atoms with Crippen LogP contribution < -0.4 is 9.64 Å². The molecule has 8 aromatic rings. The van der Waals surface area contributed by atoms with Gasteiger partial charge < -0.3 is 9.64 Å². The van der Waals surface area contributed by atoms with Crippen LogP contribution >= 0.6 is 23.5 Å². The van der Waals surface area contributed by atoms with E-state index >= 15 is 26.3 Å². The first-order valence-corrected chi connectivity index (χ1v) is 24.6. The molecule has 1 fully saturated rings. The van der Waals surface area contributed by atoms with Gasteiger partial charge in [0.25, 0.3) is 0 Å². The number of allylic oxidation sites excluding steroid dienone is 2. The van der Waals surface area contributed by atoms with Crippen LogP contribution in [0.2, 0.25) is 0 Å². The zero-order valence-corrected chi connectivity index (χ0v) is 40.0. The first-order chi connectivity index (χ1) is 34.7. The minimum atomic E-state index is -5.70. The molecular weight excluding hydrogens is 961 g/mol. The summed E-state index contributed by atoms with van der Waals surface area (Å²) in [7, 11) is 0. The molecule has 1 aromatic heterocycles. The Labute approximate surface area is 419 Å². The van der Waals surface area contributed by atoms with Crippen LogP contribution in [0.25, 0.3) is 33.3 Å². The molecule has 6 nitrogen and oxygen atoms in total. The second-order valence-corrected chi connectivity index (χ2v) is 20.9. The topological polar surface area (TPSA) is 63.0 Å². The van der Waals surface area contributed by atoms with Gasteiger partial charge in [0, 0.05) is 51.7 Å². The van der Waals surface area contributed by atoms with Crippen molar-refractivity contribution in [3.8, 4) is 28.0 Å². The highest BCUT2D eigenvalue weighted by atomic mass is 32.2. The van der Waals surface area contributed by atoms with Gasteiger partial charge in [0.1, 0.15) is 22.4 Å². The Balaban J connectivity index is 0.771. The van der Waals surface area contributed by atoms with E-state index in [0.29, 0.717) is 16.9 Å². The van der Waals surface area contributed by atoms with Gasteiger partial charge in [-0.25, -0.2) is 9.98 Å². The van der Waals surface area contributed by atoms with Gasteiger partial charge in [0.2, 0.25) is 0 Å². The van der Waals surface area contributed by atoms with Gasteiger partial charge in [0.05, 0.1) is 43.1 Å². The summed E-state index contributed by atoms with van der Waals surface area (Å²) < 4.78 is 97.0. The number of anilines is 3. The van der Waals surface area contributed by atoms with Crippen LogP contribution in [0.1, 0.15) is 30.5 Å². The van der Waals surface area contributed by atoms with Crippen LogP contribution in [0.5, 0.6) is 5.75 Å². The molecule has 0 bridgehead atoms. The molecule has 356 valence electrons. The van der Waals surface area contributed by atoms with E-state index < -0.39 is 49.8 Å². The normalized spacial score (nSPS) is 21.2. The average molecular weight is 1000 g/mol. The zero-order chi connectivity index (χ0) is 49.6. The number of halogens is 6. The van der Waals surface area contributed by atoms with Gasteiger partial charge >= 0.3 is 17.8 Å². The van der Waals surface area contributed by atoms with Gasteiger partial charge in [-0.05, 0) is 91.2 Å². The molecule has 2 unspecified atom stereocenters. The number of fused-ring (bicyclic) bond motifs is 5. The lowest BCUT2D eigenvalue weighted by molar-refractivity contribution is -0.258. The number of nitrogens with zero attached hydrogens (tertiary/aromatic N) is 5. The molecule has 2 aliphatic carbocycles. The Morgan fingerprint density at radius 3 is 1.33 bits per heavy atom. The average Bonchev–Trinajstić information content (AvgIpc) is 3.99. The first-order valence-electron chi connectivity index (χ1n) is 23.0. The van der Waals surface area contributed by atoms with E-state index in [1.165, 1.54) is 0 Å². The van der Waals surface area contributed by atoms with E-state index in [1.807, 2.05) is 60.7 Å². The molecule has 0 N–H and O–H groups in total. The standard InChI is InChI=1S/C58H39F6N5OS2/c1-54-50(67-52(71-54)38-12-6-3-7-13-38)46-47(57(61,62)58(63,64)56(46,59)60)51-55(54,2)72-53(68-51)39-24-28-43(29-25-39)70-34-35-18-20-36(21-19-35)44-30-31-45(49-48(44)65-32-33-66-49)37-22-26-42(27-23-37)69(40-14-8-4-9-15-40)41-16-10-5-11-17-41/h3-33H,34H2,1-2H3. The van der Waals surface area contributed by atoms with Gasteiger partial charge in [-0.3, -0.25) is 9.97 Å². The number of rotatable bonds is 10. The third-order valence-electron chi connectivity index (χ3n) is 13.9. The van der Waals surface area contributed by atoms with Crippen molar-refractivity contribution in [1.29, 1.82) is 0 Å². The van der Waals surface area contributed by atoms with Crippen LogP contribution in [0.3, 0.4) is 0 Å². The fourth-order valence-corrected chi connectivity index (χ4v) is 12.8. The van der Waals surface area contributed by atoms with Crippen LogP contribution in [0.4, 0.5) is 43.4 Å². The molecule has 2 aliphatic heterocycles. The van der Waals surface area contributed by atoms with Crippen molar-refractivity contribution in [2.45, 2.75) is 47.7 Å². The molecule has 2 atom stereocenters. The van der Waals surface area contributed by atoms with Crippen molar-refractivity contribution in [2.75, 3.05) is 4.90 Å². The minimum absolute atomic E-state index is 0.221. The Kier molecular flexibility index (Phi) is 10.7. The summed E-state index contributed by atoms with van der Waals surface area (Å²) in [5.41, 5.74) is 6.55. The maximum Gasteiger partial charge on any atom is 0.380 e. The van der Waals surface area contributed by atoms with Crippen LogP contribution in [0.15, 0.2) is 221 Å². The molecule has 7 aromatic carbocycles. The monoisotopic (exact) mass is 999 g/mol. The zero-order valence-electron chi connectivity index (χ0n) is 38.3. The summed E-state index contributed by atoms with van der Waals surface area (Å²) >= 11 is 2.17. The van der Waals surface area contributed by atoms with Crippen molar-refractivity contribution < 1.29 is 31.1 Å². The van der Waals surface area contributed by atoms with E-state index in [0.717, 1.165) is 79.4 Å². The number of aromatic nitrogens is 2. The second-order valence-electron chi connectivity index (χ2n) is 18.1. The highest BCUT2D eigenvalue weighted by Gasteiger charge is 2.85. The Bertz CT molecular complexity index is 3540. The van der Waals surface area contributed by atoms with Crippen molar-refractivity contribution in [3.63, 3.8) is 0 Å². The number of aliphatic imine (C=N–C) groups is 2. The lowest BCUT2D eigenvalue weighted by atomic mass is 9.77. The molecule has 0 amide bonds. The summed E-state index contributed by atoms with van der Waals surface area (Å²) in [6.45, 7) is 3.41. The van der Waals surface area contributed by atoms with Gasteiger partial charge in [-0.2, -0.15) is 26.3 Å². The lowest BCUT2D eigenvalue weighted by Gasteiger charge is -2.44. The molecule has 14 heteroatoms. The summed E-state index contributed by atoms with van der Waals surface area (Å²) in [6.07, 6.45) is 3.39. The number of para-hydroxylation sites is 2. The third-order valence-corrected chi connectivity index (χ3v) is 17.1. The molecule has 0 radical (unpaired) electrons. The van der Waals surface area contributed by atoms with Crippen LogP contribution in [-0.4, -0.2) is 47.3 Å². The molecule has 0 spiro atoms. The van der Waals surface area contributed by atoms with Crippen molar-refractivity contribution in [3.05, 3.63) is 228 Å². The fourth-order valence-electron chi connectivity index (χ4n) is 9.92. The Morgan fingerprint density at radius 1 is 0.458 bits per heavy atom. The van der Waals surface area contributed by atoms with E-state index in [2.05, 4.69) is 75.5 Å². The highest BCUT2D eigenvalue weighted by Crippen LogP contribution is 2.73. The predicted molar refractivity (Wildman–Crippen MR) is 276 cm³/mol. The molecule has 3 heterocycles. The van der Waals surface area contributed by atoms with E-state index in [9.17, 15) is 0 Å². The van der Waals surface area contributed by atoms with Gasteiger partial charge in [-0.15, -0.1) is 0 Å². The SMILES string of the molecule is CC12SC(c3ccccc3)=NC1=C1C(=C3N=C(c4ccc(OCc5ccc(-c6ccc(-c7ccc(N(c8ccccc8)c8ccccc8)cc7)c7nccnc67)cc5)cc4)SC32C)C(F)(F)C(F)(F)C1(F)F. The first kappa shape index (κ1) is 45.7. The molecule has 72 heavy (non-hydrogen) atoms. The van der Waals surface area contributed by atoms with Crippen molar-refractivity contribution in [1.82, 2.24) is 9.97 Å². The number of thioether (sulfide) groups is 2. The number of alkyl halides is 6. The van der Waals surface area contributed by atoms with E-state index in [4.69, 9.17) is 14.7 Å². The Morgan fingerprint density at radius 2 is 0.861 bits per heavy atom. The smallest absolute Gasteiger partial charge is 0.380 e. The number of ether oxygens (including phenoxy) is 1. The largest absolute Gasteiger partial charge is 0.489 e. The molecule has 1 saturated carbocycles. The third kappa shape index (κ3) is 6.97. The summed E-state index contributed by atoms with van der Waals surface area (Å²) in [5.74, 6) is -15.6. The van der Waals surface area contributed by atoms with Gasteiger partial charge in [-0.1, -0.05) is 139 Å². The fraction of sp³-hybridized carbons (Fsp3) is 0.138. The highest BCUT2D eigenvalue weighted by molar-refractivity contribution is 8.20. The molecule has 0 saturated heterocycles. The number of hydrogen-bond acceptors (Lipinski definition) is 8. The minimum Gasteiger partial charge on any atom is -0.489 e. The van der Waals surface area contributed by atoms with Crippen LogP contribution in [-0.2, 0) is 6.61 Å². The molecule has 12 rings (SSSR count). The maximum absolute atomic E-state index is 15.8. The number of hydrogen-bond donors (Lipinski definition) is 0. The maximum atomic E-state index is 15.8. The number of benzene rings is 7. The van der Waals surface area contributed by atoms with Gasteiger partial charge in [0.15, 0.2) is 0 Å². The van der Waals surface area contributed by atoms with E-state index in [-0.39, 0.29) is 16.7 Å². The van der Waals surface area contributed by atoms with Crippen LogP contribution in [0, 0.1) is 0 Å². The lowest BCUT2D eigenvalue weighted by Crippen LogP contribution is -2.49. The summed E-state index contributed by atoms with van der Waals surface area (Å²) in [6, 6.07) is 56.4. The van der Waals surface area contributed by atoms with Crippen molar-refractivity contribution in [2.24, 2.45) is 9.98 Å². The quantitative estimate of drug-likeness (QED) is 0.127. The van der Waals surface area contributed by atoms with E-state index in [1.54, 1.807) is 80.8 Å². The predicted octanol–water partition coefficient (Wildman–Crippen LogP) is 15.7. The van der Waals surface area contributed by atoms with Crippen molar-refractivity contribution >= 4 is 61.7 Å². The summed E-state index contributed by atoms with van der Waals surface area (Å²) in [5, 5.41) is 0.497. The second kappa shape index (κ2) is 16.8. The molecular formula is C58H39F6N5OS2. The summed E-state index contributed by atoms with van der Waals surface area (Å²) in [4.78, 5) is 20.7. The molecule has 4 aliphatic rings.